The van der Waals surface area contributed by atoms with Gasteiger partial charge in [0.15, 0.2) is 0 Å². The molecule has 0 radical (unpaired) electrons. The van der Waals surface area contributed by atoms with Crippen molar-refractivity contribution in [3.05, 3.63) is 29.3 Å². The SMILES string of the molecule is CCOc1ccc(CCCN(C)C)cc1CC. The summed E-state index contributed by atoms with van der Waals surface area (Å²) in [6, 6.07) is 6.60. The Balaban J connectivity index is 2.62. The summed E-state index contributed by atoms with van der Waals surface area (Å²) in [7, 11) is 4.24. The molecule has 0 N–H and O–H groups in total. The highest BCUT2D eigenvalue weighted by atomic mass is 16.5. The Bertz CT molecular complexity index is 334. The summed E-state index contributed by atoms with van der Waals surface area (Å²) < 4.78 is 5.62. The van der Waals surface area contributed by atoms with Crippen LogP contribution in [0, 0.1) is 0 Å². The smallest absolute Gasteiger partial charge is 0.122 e. The molecule has 1 aromatic carbocycles. The Morgan fingerprint density at radius 1 is 1.18 bits per heavy atom. The molecule has 17 heavy (non-hydrogen) atoms. The predicted octanol–water partition coefficient (Wildman–Crippen LogP) is 3.14. The number of ether oxygens (including phenoxy) is 1. The molecule has 2 heteroatoms. The lowest BCUT2D eigenvalue weighted by Crippen LogP contribution is -2.13. The molecule has 2 nitrogen and oxygen atoms in total. The molecule has 0 spiro atoms. The maximum absolute atomic E-state index is 5.62. The summed E-state index contributed by atoms with van der Waals surface area (Å²) in [4.78, 5) is 2.23. The fourth-order valence-electron chi connectivity index (χ4n) is 1.96. The van der Waals surface area contributed by atoms with Crippen LogP contribution < -0.4 is 4.74 Å². The summed E-state index contributed by atoms with van der Waals surface area (Å²) in [6.45, 7) is 6.10. The van der Waals surface area contributed by atoms with Gasteiger partial charge in [-0.15, -0.1) is 0 Å². The van der Waals surface area contributed by atoms with Gasteiger partial charge in [0.2, 0.25) is 0 Å². The molecule has 0 saturated heterocycles. The van der Waals surface area contributed by atoms with E-state index in [1.807, 2.05) is 6.92 Å². The van der Waals surface area contributed by atoms with Crippen molar-refractivity contribution in [2.24, 2.45) is 0 Å². The van der Waals surface area contributed by atoms with E-state index in [1.54, 1.807) is 0 Å². The van der Waals surface area contributed by atoms with Gasteiger partial charge in [0.1, 0.15) is 5.75 Å². The number of rotatable bonds is 7. The van der Waals surface area contributed by atoms with E-state index in [4.69, 9.17) is 4.74 Å². The molecule has 0 aliphatic carbocycles. The minimum Gasteiger partial charge on any atom is -0.494 e. The first-order valence-corrected chi connectivity index (χ1v) is 6.56. The van der Waals surface area contributed by atoms with Crippen LogP contribution >= 0.6 is 0 Å². The fraction of sp³-hybridized carbons (Fsp3) is 0.600. The molecule has 1 aromatic rings. The van der Waals surface area contributed by atoms with Gasteiger partial charge in [0.25, 0.3) is 0 Å². The molecule has 0 saturated carbocycles. The Morgan fingerprint density at radius 3 is 2.53 bits per heavy atom. The zero-order chi connectivity index (χ0) is 12.7. The Morgan fingerprint density at radius 2 is 1.94 bits per heavy atom. The van der Waals surface area contributed by atoms with Crippen LogP contribution in [-0.2, 0) is 12.8 Å². The van der Waals surface area contributed by atoms with Crippen molar-refractivity contribution in [2.45, 2.75) is 33.1 Å². The number of hydrogen-bond acceptors (Lipinski definition) is 2. The number of hydrogen-bond donors (Lipinski definition) is 0. The van der Waals surface area contributed by atoms with Crippen LogP contribution in [0.3, 0.4) is 0 Å². The highest BCUT2D eigenvalue weighted by Gasteiger charge is 2.03. The van der Waals surface area contributed by atoms with Gasteiger partial charge >= 0.3 is 0 Å². The van der Waals surface area contributed by atoms with E-state index in [0.29, 0.717) is 0 Å². The normalized spacial score (nSPS) is 10.9. The van der Waals surface area contributed by atoms with Crippen molar-refractivity contribution in [1.82, 2.24) is 4.90 Å². The zero-order valence-corrected chi connectivity index (χ0v) is 11.6. The van der Waals surface area contributed by atoms with E-state index in [1.165, 1.54) is 17.5 Å². The molecule has 1 rings (SSSR count). The van der Waals surface area contributed by atoms with Crippen molar-refractivity contribution in [3.63, 3.8) is 0 Å². The lowest BCUT2D eigenvalue weighted by molar-refractivity contribution is 0.336. The summed E-state index contributed by atoms with van der Waals surface area (Å²) in [6.07, 6.45) is 3.40. The van der Waals surface area contributed by atoms with Crippen LogP contribution in [0.4, 0.5) is 0 Å². The third-order valence-electron chi connectivity index (χ3n) is 2.88. The summed E-state index contributed by atoms with van der Waals surface area (Å²) in [5.41, 5.74) is 2.75. The molecule has 0 atom stereocenters. The van der Waals surface area contributed by atoms with Crippen molar-refractivity contribution in [2.75, 3.05) is 27.2 Å². The van der Waals surface area contributed by atoms with E-state index in [2.05, 4.69) is 44.1 Å². The quantitative estimate of drug-likeness (QED) is 0.720. The molecule has 0 bridgehead atoms. The Labute approximate surface area is 106 Å². The van der Waals surface area contributed by atoms with Crippen LogP contribution in [-0.4, -0.2) is 32.1 Å². The number of nitrogens with zero attached hydrogens (tertiary/aromatic N) is 1. The largest absolute Gasteiger partial charge is 0.494 e. The monoisotopic (exact) mass is 235 g/mol. The van der Waals surface area contributed by atoms with E-state index in [0.717, 1.165) is 31.7 Å². The number of benzene rings is 1. The molecule has 0 unspecified atom stereocenters. The summed E-state index contributed by atoms with van der Waals surface area (Å²) >= 11 is 0. The summed E-state index contributed by atoms with van der Waals surface area (Å²) in [5.74, 6) is 1.05. The van der Waals surface area contributed by atoms with Gasteiger partial charge in [0.05, 0.1) is 6.61 Å². The maximum Gasteiger partial charge on any atom is 0.122 e. The summed E-state index contributed by atoms with van der Waals surface area (Å²) in [5, 5.41) is 0. The predicted molar refractivity (Wildman–Crippen MR) is 73.9 cm³/mol. The molecule has 0 aliphatic rings. The minimum absolute atomic E-state index is 0.743. The lowest BCUT2D eigenvalue weighted by atomic mass is 10.0. The van der Waals surface area contributed by atoms with E-state index < -0.39 is 0 Å². The second kappa shape index (κ2) is 7.33. The topological polar surface area (TPSA) is 12.5 Å². The van der Waals surface area contributed by atoms with Gasteiger partial charge in [-0.3, -0.25) is 0 Å². The third kappa shape index (κ3) is 4.78. The molecule has 0 aromatic heterocycles. The van der Waals surface area contributed by atoms with Crippen LogP contribution in [0.25, 0.3) is 0 Å². The van der Waals surface area contributed by atoms with E-state index in [9.17, 15) is 0 Å². The van der Waals surface area contributed by atoms with Crippen LogP contribution in [0.2, 0.25) is 0 Å². The average Bonchev–Trinajstić information content (AvgIpc) is 2.30. The van der Waals surface area contributed by atoms with Gasteiger partial charge < -0.3 is 9.64 Å². The van der Waals surface area contributed by atoms with Crippen molar-refractivity contribution < 1.29 is 4.74 Å². The second-order valence-corrected chi connectivity index (χ2v) is 4.64. The van der Waals surface area contributed by atoms with Crippen molar-refractivity contribution in [1.29, 1.82) is 0 Å². The average molecular weight is 235 g/mol. The lowest BCUT2D eigenvalue weighted by Gasteiger charge is -2.12. The molecule has 0 amide bonds. The zero-order valence-electron chi connectivity index (χ0n) is 11.6. The first-order valence-electron chi connectivity index (χ1n) is 6.56. The van der Waals surface area contributed by atoms with Gasteiger partial charge in [-0.1, -0.05) is 19.1 Å². The molecule has 0 fully saturated rings. The van der Waals surface area contributed by atoms with Gasteiger partial charge in [-0.05, 0) is 64.0 Å². The Hall–Kier alpha value is -1.02. The van der Waals surface area contributed by atoms with Crippen molar-refractivity contribution in [3.8, 4) is 5.75 Å². The van der Waals surface area contributed by atoms with E-state index in [-0.39, 0.29) is 0 Å². The highest BCUT2D eigenvalue weighted by Crippen LogP contribution is 2.21. The van der Waals surface area contributed by atoms with Crippen LogP contribution in [0.15, 0.2) is 18.2 Å². The first kappa shape index (κ1) is 14.0. The van der Waals surface area contributed by atoms with Crippen LogP contribution in [0.1, 0.15) is 31.4 Å². The maximum atomic E-state index is 5.62. The molecule has 0 aliphatic heterocycles. The van der Waals surface area contributed by atoms with Gasteiger partial charge in [-0.25, -0.2) is 0 Å². The highest BCUT2D eigenvalue weighted by molar-refractivity contribution is 5.37. The van der Waals surface area contributed by atoms with E-state index >= 15 is 0 Å². The number of aryl methyl sites for hydroxylation is 2. The minimum atomic E-state index is 0.743. The third-order valence-corrected chi connectivity index (χ3v) is 2.88. The standard InChI is InChI=1S/C15H25NO/c1-5-14-12-13(8-7-11-16(3)4)9-10-15(14)17-6-2/h9-10,12H,5-8,11H2,1-4H3. The Kier molecular flexibility index (Phi) is 6.06. The molecule has 0 heterocycles. The van der Waals surface area contributed by atoms with Crippen LogP contribution in [0.5, 0.6) is 5.75 Å². The van der Waals surface area contributed by atoms with Crippen molar-refractivity contribution >= 4 is 0 Å². The first-order chi connectivity index (χ1) is 8.17. The molecule has 96 valence electrons. The fourth-order valence-corrected chi connectivity index (χ4v) is 1.96. The molecular formula is C15H25NO. The van der Waals surface area contributed by atoms with Gasteiger partial charge in [-0.2, -0.15) is 0 Å². The molecular weight excluding hydrogens is 210 g/mol. The van der Waals surface area contributed by atoms with Gasteiger partial charge in [0, 0.05) is 0 Å². The second-order valence-electron chi connectivity index (χ2n) is 4.64.